The van der Waals surface area contributed by atoms with Crippen molar-refractivity contribution in [1.29, 1.82) is 0 Å². The number of nitrogens with one attached hydrogen (secondary N) is 1. The summed E-state index contributed by atoms with van der Waals surface area (Å²) in [4.78, 5) is 25.1. The van der Waals surface area contributed by atoms with Crippen molar-refractivity contribution in [3.8, 4) is 11.3 Å². The third kappa shape index (κ3) is 4.12. The summed E-state index contributed by atoms with van der Waals surface area (Å²) >= 11 is 0. The number of rotatable bonds is 3. The highest BCUT2D eigenvalue weighted by atomic mass is 16.4. The van der Waals surface area contributed by atoms with E-state index in [1.54, 1.807) is 12.1 Å². The quantitative estimate of drug-likeness (QED) is 0.896. The van der Waals surface area contributed by atoms with E-state index in [1.807, 2.05) is 37.3 Å². The number of benzene rings is 1. The number of amides is 2. The highest BCUT2D eigenvalue weighted by Crippen LogP contribution is 2.22. The number of anilines is 1. The molecule has 0 aliphatic carbocycles. The Morgan fingerprint density at radius 1 is 1.12 bits per heavy atom. The number of aromatic nitrogens is 2. The molecule has 1 fully saturated rings. The lowest BCUT2D eigenvalue weighted by Crippen LogP contribution is -2.47. The number of likely N-dealkylation sites (tertiary alicyclic amines) is 1. The van der Waals surface area contributed by atoms with E-state index in [0.717, 1.165) is 11.3 Å². The van der Waals surface area contributed by atoms with Crippen molar-refractivity contribution in [3.63, 3.8) is 0 Å². The maximum atomic E-state index is 12.4. The summed E-state index contributed by atoms with van der Waals surface area (Å²) in [6.07, 6.45) is 0.588. The molecule has 1 saturated heterocycles. The monoisotopic (exact) mass is 340 g/mol. The number of carboxylic acids is 1. The van der Waals surface area contributed by atoms with Crippen LogP contribution in [0.15, 0.2) is 42.5 Å². The lowest BCUT2D eigenvalue weighted by molar-refractivity contribution is -0.143. The summed E-state index contributed by atoms with van der Waals surface area (Å²) in [5.41, 5.74) is 1.66. The number of nitrogens with zero attached hydrogens (tertiary/aromatic N) is 3. The number of hydrogen-bond acceptors (Lipinski definition) is 4. The third-order valence-electron chi connectivity index (χ3n) is 4.27. The molecule has 1 aliphatic rings. The van der Waals surface area contributed by atoms with Crippen molar-refractivity contribution < 1.29 is 14.7 Å². The Bertz CT molecular complexity index is 749. The van der Waals surface area contributed by atoms with Gasteiger partial charge in [0.1, 0.15) is 0 Å². The van der Waals surface area contributed by atoms with E-state index in [4.69, 9.17) is 0 Å². The van der Waals surface area contributed by atoms with Crippen molar-refractivity contribution in [2.24, 2.45) is 11.8 Å². The average Bonchev–Trinajstić information content (AvgIpc) is 2.62. The van der Waals surface area contributed by atoms with Crippen molar-refractivity contribution in [2.45, 2.75) is 13.3 Å². The van der Waals surface area contributed by atoms with Gasteiger partial charge in [-0.2, -0.15) is 0 Å². The average molecular weight is 340 g/mol. The minimum Gasteiger partial charge on any atom is -0.481 e. The molecule has 2 heterocycles. The largest absolute Gasteiger partial charge is 0.481 e. The highest BCUT2D eigenvalue weighted by Gasteiger charge is 2.32. The summed E-state index contributed by atoms with van der Waals surface area (Å²) in [7, 11) is 0. The first-order chi connectivity index (χ1) is 12.0. The van der Waals surface area contributed by atoms with Gasteiger partial charge in [-0.15, -0.1) is 10.2 Å². The molecule has 2 atom stereocenters. The molecule has 1 aromatic carbocycles. The number of carbonyl (C=O) groups is 2. The third-order valence-corrected chi connectivity index (χ3v) is 4.27. The van der Waals surface area contributed by atoms with Gasteiger partial charge >= 0.3 is 12.0 Å². The Morgan fingerprint density at radius 3 is 2.52 bits per heavy atom. The van der Waals surface area contributed by atoms with E-state index in [1.165, 1.54) is 4.90 Å². The van der Waals surface area contributed by atoms with Crippen LogP contribution in [0, 0.1) is 11.8 Å². The van der Waals surface area contributed by atoms with Gasteiger partial charge in [-0.3, -0.25) is 10.1 Å². The Kier molecular flexibility index (Phi) is 4.92. The number of piperidine rings is 1. The second-order valence-electron chi connectivity index (χ2n) is 6.38. The molecule has 0 saturated carbocycles. The molecule has 2 aromatic rings. The normalized spacial score (nSPS) is 20.1. The first-order valence-electron chi connectivity index (χ1n) is 8.21. The van der Waals surface area contributed by atoms with Gasteiger partial charge in [-0.25, -0.2) is 4.79 Å². The number of urea groups is 1. The fourth-order valence-electron chi connectivity index (χ4n) is 3.05. The number of aliphatic carboxylic acids is 1. The first-order valence-corrected chi connectivity index (χ1v) is 8.21. The molecular weight excluding hydrogens is 320 g/mol. The Morgan fingerprint density at radius 2 is 1.88 bits per heavy atom. The number of hydrogen-bond donors (Lipinski definition) is 2. The van der Waals surface area contributed by atoms with Crippen molar-refractivity contribution in [2.75, 3.05) is 18.4 Å². The van der Waals surface area contributed by atoms with Crippen LogP contribution in [-0.2, 0) is 4.79 Å². The van der Waals surface area contributed by atoms with Gasteiger partial charge in [0.2, 0.25) is 0 Å². The van der Waals surface area contributed by atoms with Gasteiger partial charge in [-0.1, -0.05) is 37.3 Å². The van der Waals surface area contributed by atoms with Crippen molar-refractivity contribution in [3.05, 3.63) is 42.5 Å². The standard InChI is InChI=1S/C18H20N4O3/c1-12-9-14(17(23)24)11-22(10-12)18(25)19-16-8-7-15(20-21-16)13-5-3-2-4-6-13/h2-8,12,14H,9-11H2,1H3,(H,23,24)(H,19,21,25). The number of carbonyl (C=O) groups excluding carboxylic acids is 1. The maximum absolute atomic E-state index is 12.4. The Balaban J connectivity index is 1.65. The summed E-state index contributed by atoms with van der Waals surface area (Å²) < 4.78 is 0. The molecule has 7 nitrogen and oxygen atoms in total. The van der Waals surface area contributed by atoms with Crippen LogP contribution >= 0.6 is 0 Å². The molecule has 2 N–H and O–H groups in total. The molecule has 130 valence electrons. The second-order valence-corrected chi connectivity index (χ2v) is 6.38. The van der Waals surface area contributed by atoms with Gasteiger partial charge in [0.25, 0.3) is 0 Å². The second kappa shape index (κ2) is 7.29. The Hall–Kier alpha value is -2.96. The molecule has 0 radical (unpaired) electrons. The molecule has 7 heteroatoms. The van der Waals surface area contributed by atoms with Gasteiger partial charge in [-0.05, 0) is 24.5 Å². The summed E-state index contributed by atoms with van der Waals surface area (Å²) in [5, 5.41) is 20.1. The Labute approximate surface area is 145 Å². The van der Waals surface area contributed by atoms with E-state index >= 15 is 0 Å². The smallest absolute Gasteiger partial charge is 0.323 e. The molecule has 0 bridgehead atoms. The SMILES string of the molecule is CC1CC(C(=O)O)CN(C(=O)Nc2ccc(-c3ccccc3)nn2)C1. The van der Waals surface area contributed by atoms with Gasteiger partial charge < -0.3 is 10.0 Å². The van der Waals surface area contributed by atoms with Crippen LogP contribution in [0.5, 0.6) is 0 Å². The zero-order valence-electron chi connectivity index (χ0n) is 13.9. The van der Waals surface area contributed by atoms with Crippen LogP contribution < -0.4 is 5.32 Å². The molecular formula is C18H20N4O3. The molecule has 1 aliphatic heterocycles. The molecule has 2 unspecified atom stereocenters. The van der Waals surface area contributed by atoms with Gasteiger partial charge in [0, 0.05) is 18.7 Å². The molecule has 25 heavy (non-hydrogen) atoms. The highest BCUT2D eigenvalue weighted by molar-refractivity contribution is 5.88. The van der Waals surface area contributed by atoms with Crippen molar-refractivity contribution >= 4 is 17.8 Å². The predicted molar refractivity (Wildman–Crippen MR) is 93.0 cm³/mol. The molecule has 1 aromatic heterocycles. The lowest BCUT2D eigenvalue weighted by atomic mass is 9.91. The summed E-state index contributed by atoms with van der Waals surface area (Å²) in [5.74, 6) is -0.903. The minimum absolute atomic E-state index is 0.146. The predicted octanol–water partition coefficient (Wildman–Crippen LogP) is 2.72. The van der Waals surface area contributed by atoms with E-state index in [-0.39, 0.29) is 18.5 Å². The van der Waals surface area contributed by atoms with E-state index in [2.05, 4.69) is 15.5 Å². The van der Waals surface area contributed by atoms with Gasteiger partial charge in [0.15, 0.2) is 5.82 Å². The van der Waals surface area contributed by atoms with Crippen LogP contribution in [0.25, 0.3) is 11.3 Å². The number of carboxylic acid groups (broad SMARTS) is 1. The zero-order valence-corrected chi connectivity index (χ0v) is 13.9. The molecule has 2 amide bonds. The summed E-state index contributed by atoms with van der Waals surface area (Å²) in [6.45, 7) is 2.69. The van der Waals surface area contributed by atoms with Crippen LogP contribution in [-0.4, -0.2) is 45.3 Å². The lowest BCUT2D eigenvalue weighted by Gasteiger charge is -2.34. The van der Waals surface area contributed by atoms with Gasteiger partial charge in [0.05, 0.1) is 11.6 Å². The molecule has 3 rings (SSSR count). The van der Waals surface area contributed by atoms with E-state index in [9.17, 15) is 14.7 Å². The maximum Gasteiger partial charge on any atom is 0.323 e. The van der Waals surface area contributed by atoms with Crippen LogP contribution in [0.2, 0.25) is 0 Å². The fraction of sp³-hybridized carbons (Fsp3) is 0.333. The van der Waals surface area contributed by atoms with E-state index < -0.39 is 11.9 Å². The van der Waals surface area contributed by atoms with Crippen molar-refractivity contribution in [1.82, 2.24) is 15.1 Å². The fourth-order valence-corrected chi connectivity index (χ4v) is 3.05. The van der Waals surface area contributed by atoms with E-state index in [0.29, 0.717) is 18.8 Å². The summed E-state index contributed by atoms with van der Waals surface area (Å²) in [6, 6.07) is 12.8. The topological polar surface area (TPSA) is 95.4 Å². The van der Waals surface area contributed by atoms with Crippen LogP contribution in [0.3, 0.4) is 0 Å². The van der Waals surface area contributed by atoms with Crippen LogP contribution in [0.4, 0.5) is 10.6 Å². The molecule has 0 spiro atoms. The first kappa shape index (κ1) is 16.9. The zero-order chi connectivity index (χ0) is 17.8. The minimum atomic E-state index is -0.864. The van der Waals surface area contributed by atoms with Crippen LogP contribution in [0.1, 0.15) is 13.3 Å².